The lowest BCUT2D eigenvalue weighted by molar-refractivity contribution is -0.0459. The average molecular weight is 234 g/mol. The number of halogens is 1. The van der Waals surface area contributed by atoms with Gasteiger partial charge in [-0.1, -0.05) is 12.8 Å². The van der Waals surface area contributed by atoms with Crippen molar-refractivity contribution < 1.29 is 9.50 Å². The fraction of sp³-hybridized carbons (Fsp3) is 0.538. The number of aliphatic hydroxyl groups is 1. The van der Waals surface area contributed by atoms with Gasteiger partial charge in [-0.25, -0.2) is 4.39 Å². The van der Waals surface area contributed by atoms with Crippen LogP contribution in [0.3, 0.4) is 0 Å². The number of rotatable bonds is 2. The summed E-state index contributed by atoms with van der Waals surface area (Å²) in [7, 11) is 0. The predicted octanol–water partition coefficient (Wildman–Crippen LogP) is 2.51. The molecule has 4 heteroatoms. The maximum Gasteiger partial charge on any atom is 0.141 e. The molecule has 1 fully saturated rings. The summed E-state index contributed by atoms with van der Waals surface area (Å²) in [6.45, 7) is 1.60. The van der Waals surface area contributed by atoms with Gasteiger partial charge >= 0.3 is 0 Å². The van der Waals surface area contributed by atoms with Crippen LogP contribution >= 0.6 is 0 Å². The Morgan fingerprint density at radius 1 is 1.47 bits per heavy atom. The third kappa shape index (κ3) is 1.81. The fourth-order valence-electron chi connectivity index (χ4n) is 2.59. The van der Waals surface area contributed by atoms with Crippen LogP contribution < -0.4 is 0 Å². The Balaban J connectivity index is 2.41. The molecule has 1 aliphatic carbocycles. The van der Waals surface area contributed by atoms with Gasteiger partial charge in [0.2, 0.25) is 0 Å². The van der Waals surface area contributed by atoms with E-state index in [9.17, 15) is 14.8 Å². The van der Waals surface area contributed by atoms with E-state index in [1.807, 2.05) is 0 Å². The molecule has 17 heavy (non-hydrogen) atoms. The summed E-state index contributed by atoms with van der Waals surface area (Å²) < 4.78 is 12.8. The van der Waals surface area contributed by atoms with E-state index in [-0.39, 0.29) is 0 Å². The zero-order valence-corrected chi connectivity index (χ0v) is 9.78. The van der Waals surface area contributed by atoms with Gasteiger partial charge in [0.15, 0.2) is 0 Å². The first-order valence-corrected chi connectivity index (χ1v) is 5.77. The molecule has 0 spiro atoms. The Labute approximate surface area is 99.9 Å². The molecule has 1 heterocycles. The Morgan fingerprint density at radius 2 is 2.12 bits per heavy atom. The smallest absolute Gasteiger partial charge is 0.141 e. The Kier molecular flexibility index (Phi) is 2.88. The topological polar surface area (TPSA) is 56.9 Å². The first-order valence-electron chi connectivity index (χ1n) is 5.77. The minimum Gasteiger partial charge on any atom is -0.382 e. The van der Waals surface area contributed by atoms with Crippen LogP contribution in [0.25, 0.3) is 0 Å². The van der Waals surface area contributed by atoms with Gasteiger partial charge in [0.25, 0.3) is 0 Å². The van der Waals surface area contributed by atoms with Gasteiger partial charge in [0.1, 0.15) is 11.4 Å². The third-order valence-electron chi connectivity index (χ3n) is 3.83. The van der Waals surface area contributed by atoms with Gasteiger partial charge in [-0.15, -0.1) is 0 Å². The van der Waals surface area contributed by atoms with Crippen molar-refractivity contribution in [2.75, 3.05) is 0 Å². The van der Waals surface area contributed by atoms with Crippen molar-refractivity contribution in [1.82, 2.24) is 4.98 Å². The monoisotopic (exact) mass is 234 g/mol. The van der Waals surface area contributed by atoms with Crippen LogP contribution in [0.5, 0.6) is 0 Å². The summed E-state index contributed by atoms with van der Waals surface area (Å²) in [6, 6.07) is 4.96. The number of pyridine rings is 1. The van der Waals surface area contributed by atoms with Crippen LogP contribution in [0.4, 0.5) is 4.39 Å². The van der Waals surface area contributed by atoms with E-state index in [1.165, 1.54) is 12.1 Å². The summed E-state index contributed by atoms with van der Waals surface area (Å²) in [6.07, 6.45) is 4.27. The normalized spacial score (nSPS) is 21.8. The predicted molar refractivity (Wildman–Crippen MR) is 60.3 cm³/mol. The number of aromatic nitrogens is 1. The lowest BCUT2D eigenvalue weighted by atomic mass is 9.70. The molecule has 1 aromatic rings. The van der Waals surface area contributed by atoms with Crippen molar-refractivity contribution in [1.29, 1.82) is 5.26 Å². The standard InChI is InChI=1S/C13H15FN2O/c1-12(17,11-5-4-10(14)8-16-11)13(9-15)6-2-3-7-13/h4-5,8,17H,2-3,6-7H2,1H3. The molecule has 0 radical (unpaired) electrons. The van der Waals surface area contributed by atoms with Crippen molar-refractivity contribution in [3.05, 3.63) is 29.8 Å². The number of hydrogen-bond donors (Lipinski definition) is 1. The maximum atomic E-state index is 12.8. The Morgan fingerprint density at radius 3 is 2.59 bits per heavy atom. The summed E-state index contributed by atoms with van der Waals surface area (Å²) in [5.41, 5.74) is -1.76. The second-order valence-electron chi connectivity index (χ2n) is 4.83. The Bertz CT molecular complexity index is 441. The molecule has 2 rings (SSSR count). The summed E-state index contributed by atoms with van der Waals surface area (Å²) in [5, 5.41) is 20.0. The van der Waals surface area contributed by atoms with Crippen LogP contribution in [-0.2, 0) is 5.60 Å². The molecule has 1 saturated carbocycles. The SMILES string of the molecule is CC(O)(c1ccc(F)cn1)C1(C#N)CCCC1. The van der Waals surface area contributed by atoms with E-state index < -0.39 is 16.8 Å². The summed E-state index contributed by atoms with van der Waals surface area (Å²) in [5.74, 6) is -0.443. The molecule has 0 amide bonds. The highest BCUT2D eigenvalue weighted by molar-refractivity contribution is 5.23. The fourth-order valence-corrected chi connectivity index (χ4v) is 2.59. The molecule has 1 aromatic heterocycles. The molecular weight excluding hydrogens is 219 g/mol. The zero-order valence-electron chi connectivity index (χ0n) is 9.78. The molecule has 0 aromatic carbocycles. The molecule has 1 atom stereocenters. The van der Waals surface area contributed by atoms with E-state index in [2.05, 4.69) is 11.1 Å². The summed E-state index contributed by atoms with van der Waals surface area (Å²) in [4.78, 5) is 3.91. The van der Waals surface area contributed by atoms with Gasteiger partial charge in [-0.3, -0.25) is 4.98 Å². The first-order chi connectivity index (χ1) is 8.02. The highest BCUT2D eigenvalue weighted by Crippen LogP contribution is 2.50. The van der Waals surface area contributed by atoms with Crippen molar-refractivity contribution >= 4 is 0 Å². The van der Waals surface area contributed by atoms with Gasteiger partial charge in [-0.2, -0.15) is 5.26 Å². The number of nitriles is 1. The average Bonchev–Trinajstić information content (AvgIpc) is 2.79. The van der Waals surface area contributed by atoms with Gasteiger partial charge in [-0.05, 0) is 31.9 Å². The van der Waals surface area contributed by atoms with E-state index in [0.29, 0.717) is 18.5 Å². The van der Waals surface area contributed by atoms with Crippen LogP contribution in [0.1, 0.15) is 38.3 Å². The van der Waals surface area contributed by atoms with Crippen molar-refractivity contribution in [3.63, 3.8) is 0 Å². The van der Waals surface area contributed by atoms with Crippen molar-refractivity contribution in [2.45, 2.75) is 38.2 Å². The second-order valence-corrected chi connectivity index (χ2v) is 4.83. The molecule has 0 bridgehead atoms. The second kappa shape index (κ2) is 4.08. The van der Waals surface area contributed by atoms with E-state index in [4.69, 9.17) is 0 Å². The van der Waals surface area contributed by atoms with Crippen LogP contribution in [0.2, 0.25) is 0 Å². The highest BCUT2D eigenvalue weighted by Gasteiger charge is 2.51. The Hall–Kier alpha value is -1.47. The van der Waals surface area contributed by atoms with Gasteiger partial charge < -0.3 is 5.11 Å². The van der Waals surface area contributed by atoms with E-state index in [0.717, 1.165) is 19.0 Å². The molecule has 1 aliphatic rings. The van der Waals surface area contributed by atoms with E-state index in [1.54, 1.807) is 6.92 Å². The maximum absolute atomic E-state index is 12.8. The number of nitrogens with zero attached hydrogens (tertiary/aromatic N) is 2. The van der Waals surface area contributed by atoms with Crippen LogP contribution in [0.15, 0.2) is 18.3 Å². The molecule has 0 saturated heterocycles. The largest absolute Gasteiger partial charge is 0.382 e. The van der Waals surface area contributed by atoms with Crippen molar-refractivity contribution in [2.24, 2.45) is 5.41 Å². The quantitative estimate of drug-likeness (QED) is 0.855. The first kappa shape index (κ1) is 12.0. The minimum atomic E-state index is -1.33. The summed E-state index contributed by atoms with van der Waals surface area (Å²) >= 11 is 0. The lowest BCUT2D eigenvalue weighted by Gasteiger charge is -2.36. The van der Waals surface area contributed by atoms with Crippen molar-refractivity contribution in [3.8, 4) is 6.07 Å². The molecular formula is C13H15FN2O. The van der Waals surface area contributed by atoms with Gasteiger partial charge in [0, 0.05) is 0 Å². The molecule has 90 valence electrons. The third-order valence-corrected chi connectivity index (χ3v) is 3.83. The minimum absolute atomic E-state index is 0.363. The molecule has 0 aliphatic heterocycles. The van der Waals surface area contributed by atoms with Crippen LogP contribution in [0, 0.1) is 22.6 Å². The van der Waals surface area contributed by atoms with Gasteiger partial charge in [0.05, 0.1) is 23.4 Å². The zero-order chi connectivity index (χ0) is 12.5. The molecule has 1 N–H and O–H groups in total. The highest BCUT2D eigenvalue weighted by atomic mass is 19.1. The number of hydrogen-bond acceptors (Lipinski definition) is 3. The lowest BCUT2D eigenvalue weighted by Crippen LogP contribution is -2.41. The van der Waals surface area contributed by atoms with Crippen LogP contribution in [-0.4, -0.2) is 10.1 Å². The molecule has 3 nitrogen and oxygen atoms in total. The van der Waals surface area contributed by atoms with E-state index >= 15 is 0 Å². The molecule has 1 unspecified atom stereocenters.